The molecule has 0 spiro atoms. The average molecular weight is 419 g/mol. The molecule has 5 rings (SSSR count). The Labute approximate surface area is 183 Å². The summed E-state index contributed by atoms with van der Waals surface area (Å²) in [5.41, 5.74) is 3.61. The number of carbonyl (C=O) groups excluding carboxylic acids is 2. The minimum absolute atomic E-state index is 0.146. The first-order valence-corrected chi connectivity index (χ1v) is 11.6. The van der Waals surface area contributed by atoms with Crippen LogP contribution in [0.15, 0.2) is 42.5 Å². The molecule has 31 heavy (non-hydrogen) atoms. The maximum Gasteiger partial charge on any atom is 0.261 e. The Balaban J connectivity index is 1.06. The number of unbranched alkanes of at least 4 members (excludes halogenated alkanes) is 3. The molecule has 1 saturated heterocycles. The van der Waals surface area contributed by atoms with E-state index in [1.54, 1.807) is 12.1 Å². The second kappa shape index (κ2) is 8.46. The summed E-state index contributed by atoms with van der Waals surface area (Å²) in [7, 11) is 0. The summed E-state index contributed by atoms with van der Waals surface area (Å²) >= 11 is 0. The summed E-state index contributed by atoms with van der Waals surface area (Å²) in [6.07, 6.45) is 7.46. The zero-order valence-electron chi connectivity index (χ0n) is 17.9. The van der Waals surface area contributed by atoms with Crippen LogP contribution in [0.3, 0.4) is 0 Å². The Morgan fingerprint density at radius 1 is 0.839 bits per heavy atom. The van der Waals surface area contributed by atoms with Gasteiger partial charge in [-0.1, -0.05) is 37.1 Å². The van der Waals surface area contributed by atoms with Crippen molar-refractivity contribution in [3.05, 3.63) is 64.7 Å². The van der Waals surface area contributed by atoms with Crippen LogP contribution in [0.25, 0.3) is 0 Å². The molecule has 1 aliphatic carbocycles. The van der Waals surface area contributed by atoms with Gasteiger partial charge in [0.1, 0.15) is 5.75 Å². The Morgan fingerprint density at radius 2 is 1.55 bits per heavy atom. The maximum atomic E-state index is 12.4. The molecular weight excluding hydrogens is 388 g/mol. The summed E-state index contributed by atoms with van der Waals surface area (Å²) in [6.45, 7) is 2.77. The minimum Gasteiger partial charge on any atom is -0.508 e. The lowest BCUT2D eigenvalue weighted by Crippen LogP contribution is -2.35. The van der Waals surface area contributed by atoms with Crippen molar-refractivity contribution in [2.24, 2.45) is 0 Å². The van der Waals surface area contributed by atoms with Gasteiger partial charge in [0.25, 0.3) is 11.8 Å². The summed E-state index contributed by atoms with van der Waals surface area (Å²) in [6, 6.07) is 13.7. The van der Waals surface area contributed by atoms with Crippen LogP contribution >= 0.6 is 0 Å². The van der Waals surface area contributed by atoms with Crippen molar-refractivity contribution in [2.75, 3.05) is 19.6 Å². The monoisotopic (exact) mass is 418 g/mol. The van der Waals surface area contributed by atoms with E-state index in [1.807, 2.05) is 24.3 Å². The molecule has 0 saturated carbocycles. The van der Waals surface area contributed by atoms with Crippen molar-refractivity contribution in [3.63, 3.8) is 0 Å². The molecule has 2 aliphatic heterocycles. The lowest BCUT2D eigenvalue weighted by Gasteiger charge is -2.33. The highest BCUT2D eigenvalue weighted by molar-refractivity contribution is 6.21. The van der Waals surface area contributed by atoms with E-state index in [-0.39, 0.29) is 11.8 Å². The number of carbonyl (C=O) groups is 2. The molecule has 0 bridgehead atoms. The molecule has 2 atom stereocenters. The summed E-state index contributed by atoms with van der Waals surface area (Å²) < 4.78 is 0. The molecule has 1 fully saturated rings. The van der Waals surface area contributed by atoms with Gasteiger partial charge in [0, 0.05) is 18.5 Å². The van der Waals surface area contributed by atoms with Crippen molar-refractivity contribution in [3.8, 4) is 5.75 Å². The molecule has 5 nitrogen and oxygen atoms in total. The second-order valence-electron chi connectivity index (χ2n) is 9.10. The lowest BCUT2D eigenvalue weighted by molar-refractivity contribution is 0.0651. The standard InChI is InChI=1S/C26H30N2O3/c29-24-11-7-10-18-19-14-17-27(23(19)13-12-20(18)24)15-5-1-2-6-16-28-25(30)21-8-3-4-9-22(21)26(28)31/h3-4,7-11,19,23,29H,1-2,5-6,12-17H2/t19-,23+/m1/s1. The highest BCUT2D eigenvalue weighted by Crippen LogP contribution is 2.43. The van der Waals surface area contributed by atoms with E-state index < -0.39 is 0 Å². The molecule has 2 heterocycles. The van der Waals surface area contributed by atoms with Crippen LogP contribution in [0.5, 0.6) is 5.75 Å². The van der Waals surface area contributed by atoms with Crippen molar-refractivity contribution in [2.45, 2.75) is 56.9 Å². The number of benzene rings is 2. The van der Waals surface area contributed by atoms with Crippen LogP contribution in [0, 0.1) is 0 Å². The number of imide groups is 1. The first kappa shape index (κ1) is 20.3. The number of nitrogens with zero attached hydrogens (tertiary/aromatic N) is 2. The van der Waals surface area contributed by atoms with E-state index in [1.165, 1.54) is 22.4 Å². The molecule has 5 heteroatoms. The molecule has 0 radical (unpaired) electrons. The van der Waals surface area contributed by atoms with Crippen LogP contribution < -0.4 is 0 Å². The Bertz CT molecular complexity index is 967. The highest BCUT2D eigenvalue weighted by atomic mass is 16.3. The lowest BCUT2D eigenvalue weighted by atomic mass is 9.79. The molecule has 0 unspecified atom stereocenters. The predicted molar refractivity (Wildman–Crippen MR) is 119 cm³/mol. The third-order valence-corrected chi connectivity index (χ3v) is 7.39. The van der Waals surface area contributed by atoms with Crippen molar-refractivity contribution in [1.29, 1.82) is 0 Å². The topological polar surface area (TPSA) is 60.9 Å². The fraction of sp³-hybridized carbons (Fsp3) is 0.462. The van der Waals surface area contributed by atoms with E-state index in [9.17, 15) is 14.7 Å². The number of phenolic OH excluding ortho intramolecular Hbond substituents is 1. The molecule has 162 valence electrons. The van der Waals surface area contributed by atoms with Gasteiger partial charge in [-0.3, -0.25) is 19.4 Å². The number of hydrogen-bond donors (Lipinski definition) is 1. The predicted octanol–water partition coefficient (Wildman–Crippen LogP) is 4.35. The van der Waals surface area contributed by atoms with Gasteiger partial charge in [-0.2, -0.15) is 0 Å². The van der Waals surface area contributed by atoms with E-state index >= 15 is 0 Å². The fourth-order valence-corrected chi connectivity index (χ4v) is 5.83. The molecule has 3 aliphatic rings. The zero-order chi connectivity index (χ0) is 21.4. The van der Waals surface area contributed by atoms with Gasteiger partial charge in [0.2, 0.25) is 0 Å². The van der Waals surface area contributed by atoms with Crippen LogP contribution in [0.1, 0.15) is 76.3 Å². The fourth-order valence-electron chi connectivity index (χ4n) is 5.83. The number of hydrogen-bond acceptors (Lipinski definition) is 4. The number of amides is 2. The smallest absolute Gasteiger partial charge is 0.261 e. The molecule has 2 amide bonds. The zero-order valence-corrected chi connectivity index (χ0v) is 17.9. The molecule has 1 N–H and O–H groups in total. The summed E-state index contributed by atoms with van der Waals surface area (Å²) in [5.74, 6) is 0.733. The number of rotatable bonds is 7. The van der Waals surface area contributed by atoms with Crippen molar-refractivity contribution in [1.82, 2.24) is 9.80 Å². The third kappa shape index (κ3) is 3.65. The van der Waals surface area contributed by atoms with Crippen LogP contribution in [-0.4, -0.2) is 52.4 Å². The number of likely N-dealkylation sites (tertiary alicyclic amines) is 1. The average Bonchev–Trinajstić information content (AvgIpc) is 3.31. The maximum absolute atomic E-state index is 12.4. The second-order valence-corrected chi connectivity index (χ2v) is 9.10. The molecule has 2 aromatic rings. The van der Waals surface area contributed by atoms with Crippen molar-refractivity contribution < 1.29 is 14.7 Å². The molecule has 2 aromatic carbocycles. The van der Waals surface area contributed by atoms with Gasteiger partial charge >= 0.3 is 0 Å². The number of phenols is 1. The van der Waals surface area contributed by atoms with Gasteiger partial charge in [-0.25, -0.2) is 0 Å². The van der Waals surface area contributed by atoms with Crippen LogP contribution in [-0.2, 0) is 6.42 Å². The Morgan fingerprint density at radius 3 is 2.29 bits per heavy atom. The van der Waals surface area contributed by atoms with E-state index in [4.69, 9.17) is 0 Å². The Hall–Kier alpha value is -2.66. The van der Waals surface area contributed by atoms with Gasteiger partial charge < -0.3 is 5.11 Å². The van der Waals surface area contributed by atoms with Crippen molar-refractivity contribution >= 4 is 11.8 Å². The quantitative estimate of drug-likeness (QED) is 0.536. The first-order valence-electron chi connectivity index (χ1n) is 11.6. The SMILES string of the molecule is O=C1c2ccccc2C(=O)N1CCCCCCN1CC[C@@H]2c3cccc(O)c3CC[C@@H]21. The van der Waals surface area contributed by atoms with Gasteiger partial charge in [-0.05, 0) is 74.5 Å². The van der Waals surface area contributed by atoms with Gasteiger partial charge in [-0.15, -0.1) is 0 Å². The Kier molecular flexibility index (Phi) is 5.53. The third-order valence-electron chi connectivity index (χ3n) is 7.39. The van der Waals surface area contributed by atoms with Crippen LogP contribution in [0.4, 0.5) is 0 Å². The van der Waals surface area contributed by atoms with E-state index in [2.05, 4.69) is 11.0 Å². The highest BCUT2D eigenvalue weighted by Gasteiger charge is 2.39. The molecule has 0 aromatic heterocycles. The van der Waals surface area contributed by atoms with Gasteiger partial charge in [0.05, 0.1) is 11.1 Å². The molecular formula is C26H30N2O3. The van der Waals surface area contributed by atoms with Gasteiger partial charge in [0.15, 0.2) is 0 Å². The van der Waals surface area contributed by atoms with E-state index in [0.717, 1.165) is 51.6 Å². The largest absolute Gasteiger partial charge is 0.508 e. The van der Waals surface area contributed by atoms with Crippen LogP contribution in [0.2, 0.25) is 0 Å². The number of fused-ring (bicyclic) bond motifs is 4. The summed E-state index contributed by atoms with van der Waals surface area (Å²) in [5, 5.41) is 10.2. The minimum atomic E-state index is -0.146. The normalized spacial score (nSPS) is 22.5. The summed E-state index contributed by atoms with van der Waals surface area (Å²) in [4.78, 5) is 28.9. The first-order chi connectivity index (χ1) is 15.1. The number of aromatic hydroxyl groups is 1. The van der Waals surface area contributed by atoms with E-state index in [0.29, 0.717) is 35.4 Å².